The predicted octanol–water partition coefficient (Wildman–Crippen LogP) is 3.91. The molecule has 1 nitrogen and oxygen atoms in total. The molecule has 0 aromatic heterocycles. The van der Waals surface area contributed by atoms with Gasteiger partial charge in [0.05, 0.1) is 6.10 Å². The maximum Gasteiger partial charge on any atom is 0.389 e. The quantitative estimate of drug-likeness (QED) is 0.787. The highest BCUT2D eigenvalue weighted by molar-refractivity contribution is 4.76. The standard InChI is InChI=1S/C12H21F3O/c1-9-4-2-5-10(8-9)11(16)6-3-7-12(13,14)15/h9-11,16H,2-8H2,1H3. The zero-order valence-electron chi connectivity index (χ0n) is 9.76. The van der Waals surface area contributed by atoms with E-state index in [1.165, 1.54) is 6.42 Å². The molecule has 3 atom stereocenters. The van der Waals surface area contributed by atoms with E-state index in [0.717, 1.165) is 19.3 Å². The second-order valence-electron chi connectivity index (χ2n) is 5.11. The summed E-state index contributed by atoms with van der Waals surface area (Å²) in [6.45, 7) is 2.15. The van der Waals surface area contributed by atoms with Gasteiger partial charge in [-0.3, -0.25) is 0 Å². The van der Waals surface area contributed by atoms with E-state index in [2.05, 4.69) is 6.92 Å². The van der Waals surface area contributed by atoms with Gasteiger partial charge in [-0.1, -0.05) is 19.8 Å². The Balaban J connectivity index is 2.21. The summed E-state index contributed by atoms with van der Waals surface area (Å²) >= 11 is 0. The largest absolute Gasteiger partial charge is 0.393 e. The summed E-state index contributed by atoms with van der Waals surface area (Å²) in [5, 5.41) is 9.82. The summed E-state index contributed by atoms with van der Waals surface area (Å²) in [5.74, 6) is 0.827. The van der Waals surface area contributed by atoms with Gasteiger partial charge in [-0.15, -0.1) is 0 Å². The van der Waals surface area contributed by atoms with Crippen molar-refractivity contribution >= 4 is 0 Å². The Kier molecular flexibility index (Phi) is 5.09. The van der Waals surface area contributed by atoms with Crippen LogP contribution in [-0.4, -0.2) is 17.4 Å². The van der Waals surface area contributed by atoms with Gasteiger partial charge in [0, 0.05) is 6.42 Å². The van der Waals surface area contributed by atoms with Crippen LogP contribution in [0.2, 0.25) is 0 Å². The average molecular weight is 238 g/mol. The van der Waals surface area contributed by atoms with E-state index in [-0.39, 0.29) is 18.8 Å². The van der Waals surface area contributed by atoms with Gasteiger partial charge in [-0.25, -0.2) is 0 Å². The van der Waals surface area contributed by atoms with Crippen LogP contribution in [0.25, 0.3) is 0 Å². The number of hydrogen-bond donors (Lipinski definition) is 1. The summed E-state index contributed by atoms with van der Waals surface area (Å²) in [5.41, 5.74) is 0. The third kappa shape index (κ3) is 5.19. The van der Waals surface area contributed by atoms with Gasteiger partial charge in [0.25, 0.3) is 0 Å². The minimum Gasteiger partial charge on any atom is -0.393 e. The van der Waals surface area contributed by atoms with Crippen LogP contribution in [0, 0.1) is 11.8 Å². The number of aliphatic hydroxyl groups excluding tert-OH is 1. The molecule has 0 saturated heterocycles. The van der Waals surface area contributed by atoms with Crippen LogP contribution < -0.4 is 0 Å². The molecule has 1 saturated carbocycles. The van der Waals surface area contributed by atoms with Crippen LogP contribution in [-0.2, 0) is 0 Å². The Labute approximate surface area is 95.0 Å². The molecule has 1 aliphatic carbocycles. The molecule has 0 heterocycles. The lowest BCUT2D eigenvalue weighted by atomic mass is 9.78. The van der Waals surface area contributed by atoms with Crippen LogP contribution in [0.4, 0.5) is 13.2 Å². The number of halogens is 3. The first-order valence-corrected chi connectivity index (χ1v) is 6.13. The molecule has 0 aromatic rings. The fraction of sp³-hybridized carbons (Fsp3) is 1.00. The molecule has 4 heteroatoms. The highest BCUT2D eigenvalue weighted by Crippen LogP contribution is 2.33. The minimum absolute atomic E-state index is 0.0511. The number of hydrogen-bond acceptors (Lipinski definition) is 1. The molecule has 16 heavy (non-hydrogen) atoms. The van der Waals surface area contributed by atoms with Crippen molar-refractivity contribution in [3.8, 4) is 0 Å². The minimum atomic E-state index is -4.08. The lowest BCUT2D eigenvalue weighted by molar-refractivity contribution is -0.137. The molecular formula is C12H21F3O. The van der Waals surface area contributed by atoms with Crippen molar-refractivity contribution in [3.63, 3.8) is 0 Å². The molecule has 0 radical (unpaired) electrons. The average Bonchev–Trinajstić information content (AvgIpc) is 2.15. The van der Waals surface area contributed by atoms with Gasteiger partial charge >= 0.3 is 6.18 Å². The molecule has 1 N–H and O–H groups in total. The van der Waals surface area contributed by atoms with Gasteiger partial charge in [0.1, 0.15) is 0 Å². The summed E-state index contributed by atoms with van der Waals surface area (Å²) in [7, 11) is 0. The number of rotatable bonds is 4. The summed E-state index contributed by atoms with van der Waals surface area (Å²) in [6.07, 6.45) is -0.832. The van der Waals surface area contributed by atoms with Gasteiger partial charge < -0.3 is 5.11 Å². The van der Waals surface area contributed by atoms with Crippen molar-refractivity contribution < 1.29 is 18.3 Å². The number of aliphatic hydroxyl groups is 1. The number of alkyl halides is 3. The van der Waals surface area contributed by atoms with Gasteiger partial charge in [0.2, 0.25) is 0 Å². The first-order valence-electron chi connectivity index (χ1n) is 6.13. The summed E-state index contributed by atoms with van der Waals surface area (Å²) < 4.78 is 35.8. The van der Waals surface area contributed by atoms with Gasteiger partial charge in [-0.2, -0.15) is 13.2 Å². The predicted molar refractivity (Wildman–Crippen MR) is 57.0 cm³/mol. The second-order valence-corrected chi connectivity index (χ2v) is 5.11. The molecule has 3 unspecified atom stereocenters. The van der Waals surface area contributed by atoms with Crippen LogP contribution >= 0.6 is 0 Å². The first-order chi connectivity index (χ1) is 7.38. The van der Waals surface area contributed by atoms with E-state index in [4.69, 9.17) is 0 Å². The Morgan fingerprint density at radius 1 is 1.31 bits per heavy atom. The molecule has 0 bridgehead atoms. The summed E-state index contributed by atoms with van der Waals surface area (Å²) in [4.78, 5) is 0. The molecule has 0 aliphatic heterocycles. The van der Waals surface area contributed by atoms with Gasteiger partial charge in [-0.05, 0) is 37.5 Å². The first kappa shape index (κ1) is 13.8. The van der Waals surface area contributed by atoms with E-state index in [1.807, 2.05) is 0 Å². The van der Waals surface area contributed by atoms with Crippen LogP contribution in [0.1, 0.15) is 51.9 Å². The van der Waals surface area contributed by atoms with Crippen LogP contribution in [0.15, 0.2) is 0 Å². The zero-order valence-corrected chi connectivity index (χ0v) is 9.76. The Morgan fingerprint density at radius 3 is 2.56 bits per heavy atom. The maximum atomic E-state index is 11.9. The Hall–Kier alpha value is -0.250. The van der Waals surface area contributed by atoms with Crippen molar-refractivity contribution in [2.75, 3.05) is 0 Å². The van der Waals surface area contributed by atoms with E-state index in [0.29, 0.717) is 5.92 Å². The van der Waals surface area contributed by atoms with Crippen molar-refractivity contribution in [1.29, 1.82) is 0 Å². The zero-order chi connectivity index (χ0) is 12.2. The second kappa shape index (κ2) is 5.89. The van der Waals surface area contributed by atoms with Crippen molar-refractivity contribution in [3.05, 3.63) is 0 Å². The Morgan fingerprint density at radius 2 is 2.00 bits per heavy atom. The van der Waals surface area contributed by atoms with Crippen molar-refractivity contribution in [2.45, 2.75) is 64.1 Å². The lowest BCUT2D eigenvalue weighted by Crippen LogP contribution is -2.26. The molecule has 1 aliphatic rings. The van der Waals surface area contributed by atoms with Crippen LogP contribution in [0.5, 0.6) is 0 Å². The van der Waals surface area contributed by atoms with Crippen molar-refractivity contribution in [1.82, 2.24) is 0 Å². The monoisotopic (exact) mass is 238 g/mol. The fourth-order valence-corrected chi connectivity index (χ4v) is 2.58. The van der Waals surface area contributed by atoms with E-state index in [1.54, 1.807) is 0 Å². The molecule has 0 aromatic carbocycles. The van der Waals surface area contributed by atoms with Crippen molar-refractivity contribution in [2.24, 2.45) is 11.8 Å². The molecule has 0 spiro atoms. The third-order valence-corrected chi connectivity index (χ3v) is 3.48. The summed E-state index contributed by atoms with van der Waals surface area (Å²) in [6, 6.07) is 0. The topological polar surface area (TPSA) is 20.2 Å². The fourth-order valence-electron chi connectivity index (χ4n) is 2.58. The highest BCUT2D eigenvalue weighted by atomic mass is 19.4. The van der Waals surface area contributed by atoms with Gasteiger partial charge in [0.15, 0.2) is 0 Å². The van der Waals surface area contributed by atoms with E-state index < -0.39 is 18.7 Å². The molecule has 96 valence electrons. The molecule has 1 fully saturated rings. The van der Waals surface area contributed by atoms with E-state index in [9.17, 15) is 18.3 Å². The molecule has 0 amide bonds. The smallest absolute Gasteiger partial charge is 0.389 e. The van der Waals surface area contributed by atoms with E-state index >= 15 is 0 Å². The maximum absolute atomic E-state index is 11.9. The molecule has 1 rings (SSSR count). The highest BCUT2D eigenvalue weighted by Gasteiger charge is 2.29. The lowest BCUT2D eigenvalue weighted by Gasteiger charge is -2.30. The van der Waals surface area contributed by atoms with Crippen LogP contribution in [0.3, 0.4) is 0 Å². The SMILES string of the molecule is CC1CCCC(C(O)CCCC(F)(F)F)C1. The molecular weight excluding hydrogens is 217 g/mol. The third-order valence-electron chi connectivity index (χ3n) is 3.48. The Bertz CT molecular complexity index is 203. The normalized spacial score (nSPS) is 29.1.